The maximum absolute atomic E-state index is 13.1. The van der Waals surface area contributed by atoms with E-state index in [0.717, 1.165) is 5.52 Å². The molecule has 11 nitrogen and oxygen atoms in total. The number of H-pyrrole nitrogens is 1. The van der Waals surface area contributed by atoms with Crippen molar-refractivity contribution in [3.05, 3.63) is 84.7 Å². The van der Waals surface area contributed by atoms with E-state index in [4.69, 9.17) is 0 Å². The molecule has 0 aliphatic carbocycles. The highest BCUT2D eigenvalue weighted by Crippen LogP contribution is 2.18. The van der Waals surface area contributed by atoms with Crippen molar-refractivity contribution in [3.8, 4) is 0 Å². The van der Waals surface area contributed by atoms with Crippen LogP contribution in [0.25, 0.3) is 10.9 Å². The van der Waals surface area contributed by atoms with E-state index >= 15 is 0 Å². The van der Waals surface area contributed by atoms with Crippen LogP contribution in [0.5, 0.6) is 0 Å². The van der Waals surface area contributed by atoms with Crippen molar-refractivity contribution in [1.82, 2.24) is 25.8 Å². The molecule has 0 aliphatic rings. The van der Waals surface area contributed by atoms with Gasteiger partial charge in [-0.3, -0.25) is 9.89 Å². The summed E-state index contributed by atoms with van der Waals surface area (Å²) in [6, 6.07) is 18.2. The van der Waals surface area contributed by atoms with Crippen LogP contribution < -0.4 is 21.3 Å². The van der Waals surface area contributed by atoms with Crippen molar-refractivity contribution in [2.75, 3.05) is 17.2 Å². The second-order valence-corrected chi connectivity index (χ2v) is 8.38. The van der Waals surface area contributed by atoms with Crippen molar-refractivity contribution in [2.45, 2.75) is 24.9 Å². The largest absolute Gasteiger partial charge is 0.478 e. The number of pyridine rings is 1. The number of aromatic amines is 1. The topological polar surface area (TPSA) is 161 Å². The number of hydrogen-bond donors (Lipinski definition) is 6. The van der Waals surface area contributed by atoms with Crippen LogP contribution in [0.2, 0.25) is 0 Å². The smallest absolute Gasteiger partial charge is 0.350 e. The molecule has 0 bridgehead atoms. The summed E-state index contributed by atoms with van der Waals surface area (Å²) in [5.41, 5.74) is -0.592. The number of unbranched alkanes of at least 4 members (excludes halogenated alkanes) is 1. The number of para-hydroxylation sites is 1. The molecule has 1 atom stereocenters. The molecule has 0 aliphatic heterocycles. The van der Waals surface area contributed by atoms with Gasteiger partial charge in [-0.25, -0.2) is 14.6 Å². The lowest BCUT2D eigenvalue weighted by molar-refractivity contribution is -0.145. The Bertz CT molecular complexity index is 1360. The first kappa shape index (κ1) is 25.2. The lowest BCUT2D eigenvalue weighted by atomic mass is 10.0. The number of fused-ring (bicyclic) bond motifs is 1. The second-order valence-electron chi connectivity index (χ2n) is 8.38. The zero-order chi connectivity index (χ0) is 26.1. The molecule has 2 heterocycles. The number of rotatable bonds is 11. The van der Waals surface area contributed by atoms with E-state index in [1.165, 1.54) is 0 Å². The van der Waals surface area contributed by atoms with Gasteiger partial charge in [-0.2, -0.15) is 5.10 Å². The van der Waals surface area contributed by atoms with Crippen LogP contribution in [-0.2, 0) is 4.79 Å². The molecule has 0 saturated heterocycles. The van der Waals surface area contributed by atoms with Crippen molar-refractivity contribution in [2.24, 2.45) is 0 Å². The monoisotopic (exact) mass is 501 g/mol. The third-order valence-corrected chi connectivity index (χ3v) is 5.70. The molecule has 11 heteroatoms. The van der Waals surface area contributed by atoms with E-state index in [-0.39, 0.29) is 12.0 Å². The number of hydrogen-bond acceptors (Lipinski definition) is 6. The maximum Gasteiger partial charge on any atom is 0.350 e. The number of carboxylic acid groups (broad SMARTS) is 1. The van der Waals surface area contributed by atoms with Gasteiger partial charge in [0.25, 0.3) is 5.91 Å². The summed E-state index contributed by atoms with van der Waals surface area (Å²) in [4.78, 5) is 42.7. The number of urea groups is 1. The van der Waals surface area contributed by atoms with E-state index in [1.807, 2.05) is 18.2 Å². The molecule has 0 spiro atoms. The van der Waals surface area contributed by atoms with Crippen molar-refractivity contribution in [3.63, 3.8) is 0 Å². The summed E-state index contributed by atoms with van der Waals surface area (Å²) in [6.07, 6.45) is 4.15. The molecule has 37 heavy (non-hydrogen) atoms. The fourth-order valence-corrected chi connectivity index (χ4v) is 3.80. The maximum atomic E-state index is 13.1. The number of aliphatic carboxylic acids is 1. The molecule has 0 fully saturated rings. The lowest BCUT2D eigenvalue weighted by Crippen LogP contribution is -2.66. The van der Waals surface area contributed by atoms with Crippen LogP contribution in [0.3, 0.4) is 0 Å². The number of benzene rings is 2. The number of nitrogens with one attached hydrogen (secondary N) is 5. The van der Waals surface area contributed by atoms with Crippen molar-refractivity contribution < 1.29 is 19.5 Å². The molecule has 190 valence electrons. The summed E-state index contributed by atoms with van der Waals surface area (Å²) < 4.78 is 0. The Morgan fingerprint density at radius 3 is 2.51 bits per heavy atom. The minimum Gasteiger partial charge on any atom is -0.478 e. The van der Waals surface area contributed by atoms with Crippen LogP contribution in [0.15, 0.2) is 79.1 Å². The van der Waals surface area contributed by atoms with E-state index in [1.54, 1.807) is 60.9 Å². The van der Waals surface area contributed by atoms with Crippen molar-refractivity contribution >= 4 is 40.3 Å². The van der Waals surface area contributed by atoms with Crippen molar-refractivity contribution in [1.29, 1.82) is 0 Å². The van der Waals surface area contributed by atoms with Gasteiger partial charge >= 0.3 is 12.0 Å². The molecule has 0 radical (unpaired) electrons. The standard InChI is InChI=1S/C26H27N7O4/c34-23(18-11-12-21-19(16-18)17-29-33-21)31-26(24(35)36,32-25(37)30-20-8-2-1-3-9-20)13-5-7-15-28-22-10-4-6-14-27-22/h1-4,6,8-12,14,16-17H,5,7,13,15H2,(H,27,28)(H,29,33)(H,31,34)(H,35,36)(H2,30,32,37)/t26-/m0/s1. The van der Waals surface area contributed by atoms with Crippen LogP contribution in [0.1, 0.15) is 29.6 Å². The molecular weight excluding hydrogens is 474 g/mol. The SMILES string of the molecule is O=C(Nc1ccccc1)N[C@](CCCCNc1ccccn1)(NC(=O)c1ccc2[nH]ncc2c1)C(=O)O. The quantitative estimate of drug-likeness (QED) is 0.135. The molecule has 0 saturated carbocycles. The Morgan fingerprint density at radius 2 is 1.76 bits per heavy atom. The molecule has 2 aromatic heterocycles. The molecule has 4 rings (SSSR count). The van der Waals surface area contributed by atoms with Gasteiger partial charge in [0.15, 0.2) is 0 Å². The number of carboxylic acids is 1. The number of amides is 3. The average Bonchev–Trinajstić information content (AvgIpc) is 3.37. The average molecular weight is 502 g/mol. The first-order valence-electron chi connectivity index (χ1n) is 11.7. The van der Waals surface area contributed by atoms with E-state index in [9.17, 15) is 19.5 Å². The summed E-state index contributed by atoms with van der Waals surface area (Å²) >= 11 is 0. The molecule has 4 aromatic rings. The minimum absolute atomic E-state index is 0.0475. The first-order chi connectivity index (χ1) is 17.9. The van der Waals surface area contributed by atoms with Gasteiger partial charge < -0.3 is 26.4 Å². The Kier molecular flexibility index (Phi) is 7.94. The Labute approximate surface area is 212 Å². The number of nitrogens with zero attached hydrogens (tertiary/aromatic N) is 2. The predicted octanol–water partition coefficient (Wildman–Crippen LogP) is 3.57. The van der Waals surface area contributed by atoms with Gasteiger partial charge in [0.2, 0.25) is 5.66 Å². The van der Waals surface area contributed by atoms with Crippen LogP contribution in [-0.4, -0.2) is 50.4 Å². The second kappa shape index (κ2) is 11.7. The van der Waals surface area contributed by atoms with Gasteiger partial charge in [0.1, 0.15) is 5.82 Å². The highest BCUT2D eigenvalue weighted by Gasteiger charge is 2.41. The van der Waals surface area contributed by atoms with Gasteiger partial charge in [-0.05, 0) is 55.3 Å². The predicted molar refractivity (Wildman–Crippen MR) is 139 cm³/mol. The molecule has 2 aromatic carbocycles. The number of anilines is 2. The molecular formula is C26H27N7O4. The molecule has 0 unspecified atom stereocenters. The minimum atomic E-state index is -2.05. The van der Waals surface area contributed by atoms with Gasteiger partial charge in [0, 0.05) is 35.8 Å². The normalized spacial score (nSPS) is 12.3. The molecule has 3 amide bonds. The van der Waals surface area contributed by atoms with Crippen LogP contribution >= 0.6 is 0 Å². The highest BCUT2D eigenvalue weighted by molar-refractivity contribution is 6.02. The first-order valence-corrected chi connectivity index (χ1v) is 11.7. The van der Waals surface area contributed by atoms with Gasteiger partial charge in [-0.15, -0.1) is 0 Å². The number of aromatic nitrogens is 3. The Morgan fingerprint density at radius 1 is 0.946 bits per heavy atom. The number of carbonyl (C=O) groups is 3. The fraction of sp³-hybridized carbons (Fsp3) is 0.192. The van der Waals surface area contributed by atoms with Gasteiger partial charge in [-0.1, -0.05) is 24.3 Å². The summed E-state index contributed by atoms with van der Waals surface area (Å²) in [5, 5.41) is 28.5. The lowest BCUT2D eigenvalue weighted by Gasteiger charge is -2.31. The number of carbonyl (C=O) groups excluding carboxylic acids is 2. The van der Waals surface area contributed by atoms with Crippen LogP contribution in [0.4, 0.5) is 16.3 Å². The Balaban J connectivity index is 1.48. The van der Waals surface area contributed by atoms with Crippen LogP contribution in [0, 0.1) is 0 Å². The summed E-state index contributed by atoms with van der Waals surface area (Å²) in [7, 11) is 0. The van der Waals surface area contributed by atoms with Gasteiger partial charge in [0.05, 0.1) is 11.7 Å². The Hall–Kier alpha value is -4.93. The third kappa shape index (κ3) is 6.60. The van der Waals surface area contributed by atoms with E-state index < -0.39 is 23.6 Å². The van der Waals surface area contributed by atoms with E-state index in [0.29, 0.717) is 36.3 Å². The summed E-state index contributed by atoms with van der Waals surface area (Å²) in [6.45, 7) is 0.536. The zero-order valence-corrected chi connectivity index (χ0v) is 19.9. The van der Waals surface area contributed by atoms with E-state index in [2.05, 4.69) is 36.4 Å². The highest BCUT2D eigenvalue weighted by atomic mass is 16.4. The summed E-state index contributed by atoms with van der Waals surface area (Å²) in [5.74, 6) is -1.32. The fourth-order valence-electron chi connectivity index (χ4n) is 3.80. The zero-order valence-electron chi connectivity index (χ0n) is 19.9. The molecule has 6 N–H and O–H groups in total. The third-order valence-electron chi connectivity index (χ3n) is 5.70.